The highest BCUT2D eigenvalue weighted by Gasteiger charge is 2.55. The minimum Gasteiger partial charge on any atom is -0.274 e. The zero-order valence-electron chi connectivity index (χ0n) is 10.5. The van der Waals surface area contributed by atoms with Crippen molar-refractivity contribution in [3.8, 4) is 6.07 Å². The first-order chi connectivity index (χ1) is 7.93. The Morgan fingerprint density at radius 3 is 2.35 bits per heavy atom. The zero-order valence-corrected chi connectivity index (χ0v) is 10.5. The van der Waals surface area contributed by atoms with E-state index >= 15 is 0 Å². The highest BCUT2D eigenvalue weighted by Crippen LogP contribution is 2.46. The first-order valence-electron chi connectivity index (χ1n) is 6.22. The standard InChI is InChI=1S/C13H18N2O2/c1-12(2,9-14)15-10(16)8-13(11(15)17)6-4-3-5-7-13/h3-8H2,1-2H3. The number of amides is 2. The monoisotopic (exact) mass is 234 g/mol. The van der Waals surface area contributed by atoms with Gasteiger partial charge in [0.25, 0.3) is 0 Å². The summed E-state index contributed by atoms with van der Waals surface area (Å²) in [7, 11) is 0. The molecule has 1 aliphatic heterocycles. The van der Waals surface area contributed by atoms with Crippen LogP contribution in [0.15, 0.2) is 0 Å². The third-order valence-corrected chi connectivity index (χ3v) is 4.04. The lowest BCUT2D eigenvalue weighted by molar-refractivity contribution is -0.146. The number of hydrogen-bond donors (Lipinski definition) is 0. The van der Waals surface area contributed by atoms with E-state index in [9.17, 15) is 9.59 Å². The van der Waals surface area contributed by atoms with Crippen LogP contribution < -0.4 is 0 Å². The smallest absolute Gasteiger partial charge is 0.237 e. The van der Waals surface area contributed by atoms with Gasteiger partial charge in [-0.15, -0.1) is 0 Å². The van der Waals surface area contributed by atoms with Gasteiger partial charge >= 0.3 is 0 Å². The van der Waals surface area contributed by atoms with Gasteiger partial charge in [0.15, 0.2) is 0 Å². The summed E-state index contributed by atoms with van der Waals surface area (Å²) in [6, 6.07) is 2.05. The van der Waals surface area contributed by atoms with Crippen LogP contribution in [0.1, 0.15) is 52.4 Å². The molecule has 2 rings (SSSR count). The molecular weight excluding hydrogens is 216 g/mol. The molecule has 1 spiro atoms. The van der Waals surface area contributed by atoms with Gasteiger partial charge in [-0.3, -0.25) is 14.5 Å². The van der Waals surface area contributed by atoms with Crippen molar-refractivity contribution in [2.24, 2.45) is 5.41 Å². The molecule has 0 aromatic carbocycles. The summed E-state index contributed by atoms with van der Waals surface area (Å²) in [5, 5.41) is 9.08. The summed E-state index contributed by atoms with van der Waals surface area (Å²) in [4.78, 5) is 25.7. The second-order valence-corrected chi connectivity index (χ2v) is 5.72. The molecule has 0 radical (unpaired) electrons. The molecule has 1 heterocycles. The van der Waals surface area contributed by atoms with Crippen LogP contribution in [0.3, 0.4) is 0 Å². The van der Waals surface area contributed by atoms with Crippen molar-refractivity contribution < 1.29 is 9.59 Å². The van der Waals surface area contributed by atoms with Gasteiger partial charge in [0.05, 0.1) is 11.5 Å². The molecule has 1 aliphatic carbocycles. The molecule has 2 fully saturated rings. The number of hydrogen-bond acceptors (Lipinski definition) is 3. The quantitative estimate of drug-likeness (QED) is 0.652. The van der Waals surface area contributed by atoms with Crippen LogP contribution in [0.4, 0.5) is 0 Å². The Labute approximate surface area is 102 Å². The van der Waals surface area contributed by atoms with Crippen molar-refractivity contribution in [1.82, 2.24) is 4.90 Å². The van der Waals surface area contributed by atoms with Crippen LogP contribution in [-0.2, 0) is 9.59 Å². The van der Waals surface area contributed by atoms with Crippen LogP contribution in [0.25, 0.3) is 0 Å². The van der Waals surface area contributed by atoms with E-state index in [2.05, 4.69) is 6.07 Å². The summed E-state index contributed by atoms with van der Waals surface area (Å²) in [5.41, 5.74) is -1.50. The molecule has 0 N–H and O–H groups in total. The number of imide groups is 1. The average molecular weight is 234 g/mol. The van der Waals surface area contributed by atoms with Crippen LogP contribution in [0, 0.1) is 16.7 Å². The molecule has 1 saturated heterocycles. The lowest BCUT2D eigenvalue weighted by atomic mass is 9.73. The predicted molar refractivity (Wildman–Crippen MR) is 61.7 cm³/mol. The minimum atomic E-state index is -1.02. The molecule has 4 nitrogen and oxygen atoms in total. The average Bonchev–Trinajstić information content (AvgIpc) is 2.52. The fraction of sp³-hybridized carbons (Fsp3) is 0.769. The summed E-state index contributed by atoms with van der Waals surface area (Å²) >= 11 is 0. The largest absolute Gasteiger partial charge is 0.274 e. The fourth-order valence-corrected chi connectivity index (χ4v) is 3.03. The SMILES string of the molecule is CC(C)(C#N)N1C(=O)CC2(CCCCC2)C1=O. The molecular formula is C13H18N2O2. The van der Waals surface area contributed by atoms with Crippen molar-refractivity contribution in [3.63, 3.8) is 0 Å². The summed E-state index contributed by atoms with van der Waals surface area (Å²) in [6.07, 6.45) is 5.08. The van der Waals surface area contributed by atoms with E-state index in [-0.39, 0.29) is 11.8 Å². The van der Waals surface area contributed by atoms with Gasteiger partial charge in [0.1, 0.15) is 5.54 Å². The van der Waals surface area contributed by atoms with Crippen molar-refractivity contribution in [1.29, 1.82) is 5.26 Å². The summed E-state index contributed by atoms with van der Waals surface area (Å²) < 4.78 is 0. The molecule has 92 valence electrons. The molecule has 1 saturated carbocycles. The first-order valence-corrected chi connectivity index (χ1v) is 6.22. The van der Waals surface area contributed by atoms with Crippen LogP contribution in [0.2, 0.25) is 0 Å². The number of likely N-dealkylation sites (tertiary alicyclic amines) is 1. The molecule has 0 aromatic rings. The molecule has 2 amide bonds. The molecule has 2 aliphatic rings. The Balaban J connectivity index is 2.31. The lowest BCUT2D eigenvalue weighted by Crippen LogP contribution is -2.48. The Bertz CT molecular complexity index is 400. The molecule has 0 unspecified atom stereocenters. The van der Waals surface area contributed by atoms with Gasteiger partial charge in [-0.2, -0.15) is 5.26 Å². The van der Waals surface area contributed by atoms with Crippen LogP contribution in [0.5, 0.6) is 0 Å². The maximum atomic E-state index is 12.5. The molecule has 0 aromatic heterocycles. The van der Waals surface area contributed by atoms with E-state index < -0.39 is 11.0 Å². The van der Waals surface area contributed by atoms with Crippen molar-refractivity contribution in [3.05, 3.63) is 0 Å². The van der Waals surface area contributed by atoms with E-state index in [0.717, 1.165) is 32.1 Å². The van der Waals surface area contributed by atoms with E-state index in [0.29, 0.717) is 6.42 Å². The van der Waals surface area contributed by atoms with Gasteiger partial charge in [-0.1, -0.05) is 19.3 Å². The third-order valence-electron chi connectivity index (χ3n) is 4.04. The lowest BCUT2D eigenvalue weighted by Gasteiger charge is -2.33. The number of carbonyl (C=O) groups is 2. The maximum Gasteiger partial charge on any atom is 0.237 e. The van der Waals surface area contributed by atoms with Crippen molar-refractivity contribution in [2.45, 2.75) is 57.9 Å². The predicted octanol–water partition coefficient (Wildman–Crippen LogP) is 2.00. The van der Waals surface area contributed by atoms with Crippen LogP contribution >= 0.6 is 0 Å². The van der Waals surface area contributed by atoms with Gasteiger partial charge in [-0.25, -0.2) is 0 Å². The molecule has 17 heavy (non-hydrogen) atoms. The molecule has 4 heteroatoms. The zero-order chi connectivity index (χ0) is 12.7. The third kappa shape index (κ3) is 1.74. The van der Waals surface area contributed by atoms with E-state index in [1.165, 1.54) is 4.90 Å². The second-order valence-electron chi connectivity index (χ2n) is 5.72. The number of nitrogens with zero attached hydrogens (tertiary/aromatic N) is 2. The number of nitriles is 1. The van der Waals surface area contributed by atoms with Crippen LogP contribution in [-0.4, -0.2) is 22.3 Å². The number of rotatable bonds is 1. The van der Waals surface area contributed by atoms with E-state index in [4.69, 9.17) is 5.26 Å². The minimum absolute atomic E-state index is 0.117. The molecule has 0 atom stereocenters. The highest BCUT2D eigenvalue weighted by molar-refractivity contribution is 6.07. The van der Waals surface area contributed by atoms with Crippen molar-refractivity contribution in [2.75, 3.05) is 0 Å². The normalized spacial score (nSPS) is 24.2. The van der Waals surface area contributed by atoms with Gasteiger partial charge in [0, 0.05) is 6.42 Å². The Morgan fingerprint density at radius 1 is 1.24 bits per heavy atom. The van der Waals surface area contributed by atoms with Gasteiger partial charge < -0.3 is 0 Å². The second kappa shape index (κ2) is 3.83. The topological polar surface area (TPSA) is 61.2 Å². The fourth-order valence-electron chi connectivity index (χ4n) is 3.03. The molecule has 0 bridgehead atoms. The summed E-state index contributed by atoms with van der Waals surface area (Å²) in [6.45, 7) is 3.26. The first kappa shape index (κ1) is 12.1. The van der Waals surface area contributed by atoms with Crippen molar-refractivity contribution >= 4 is 11.8 Å². The van der Waals surface area contributed by atoms with E-state index in [1.54, 1.807) is 13.8 Å². The Morgan fingerprint density at radius 2 is 1.82 bits per heavy atom. The van der Waals surface area contributed by atoms with Gasteiger partial charge in [0.2, 0.25) is 11.8 Å². The Hall–Kier alpha value is -1.37. The van der Waals surface area contributed by atoms with E-state index in [1.807, 2.05) is 0 Å². The number of carbonyl (C=O) groups excluding carboxylic acids is 2. The summed E-state index contributed by atoms with van der Waals surface area (Å²) in [5.74, 6) is -0.294. The Kier molecular flexibility index (Phi) is 2.73. The maximum absolute atomic E-state index is 12.5. The highest BCUT2D eigenvalue weighted by atomic mass is 16.2. The van der Waals surface area contributed by atoms with Gasteiger partial charge in [-0.05, 0) is 26.7 Å².